The molecule has 3 N–H and O–H groups in total. The maximum Gasteiger partial charge on any atom is 0.330 e. The first-order valence-corrected chi connectivity index (χ1v) is 10.2. The van der Waals surface area contributed by atoms with Gasteiger partial charge in [-0.15, -0.1) is 0 Å². The molecule has 0 bridgehead atoms. The Labute approximate surface area is 184 Å². The number of nitrogens with one attached hydrogen (secondary N) is 1. The van der Waals surface area contributed by atoms with E-state index >= 15 is 0 Å². The van der Waals surface area contributed by atoms with Gasteiger partial charge in [-0.2, -0.15) is 0 Å². The van der Waals surface area contributed by atoms with Gasteiger partial charge in [0, 0.05) is 18.7 Å². The number of hydrogen-bond acceptors (Lipinski definition) is 6. The molecule has 1 aromatic heterocycles. The number of anilines is 2. The number of hydrogen-bond donors (Lipinski definition) is 2. The fraction of sp³-hybridized carbons (Fsp3) is 0.273. The third-order valence-electron chi connectivity index (χ3n) is 4.72. The molecule has 2 aromatic carbocycles. The largest absolute Gasteiger partial charge is 0.492 e. The third kappa shape index (κ3) is 5.90. The fourth-order valence-electron chi connectivity index (χ4n) is 3.15. The number of nitrogens with zero attached hydrogens (tertiary/aromatic N) is 2. The Morgan fingerprint density at radius 3 is 2.39 bits per heavy atom. The Morgan fingerprint density at radius 1 is 1.03 bits per heavy atom. The topological polar surface area (TPSA) is 103 Å². The second-order valence-corrected chi connectivity index (χ2v) is 7.28. The lowest BCUT2D eigenvalue weighted by molar-refractivity contribution is 0.203. The Morgan fingerprint density at radius 2 is 1.71 bits per heavy atom. The van der Waals surface area contributed by atoms with Crippen LogP contribution < -0.4 is 26.6 Å². The molecule has 0 aliphatic heterocycles. The van der Waals surface area contributed by atoms with E-state index < -0.39 is 11.2 Å². The third-order valence-corrected chi connectivity index (χ3v) is 4.97. The molecular weight excluding hydrogens is 420 g/mol. The van der Waals surface area contributed by atoms with Gasteiger partial charge in [0.05, 0.1) is 19.7 Å². The smallest absolute Gasteiger partial charge is 0.330 e. The van der Waals surface area contributed by atoms with Crippen LogP contribution >= 0.6 is 11.6 Å². The second kappa shape index (κ2) is 10.7. The van der Waals surface area contributed by atoms with Gasteiger partial charge in [0.15, 0.2) is 0 Å². The summed E-state index contributed by atoms with van der Waals surface area (Å²) in [4.78, 5) is 29.2. The Hall–Kier alpha value is -3.23. The number of H-pyrrole nitrogens is 1. The molecule has 0 spiro atoms. The molecule has 0 unspecified atom stereocenters. The van der Waals surface area contributed by atoms with Crippen molar-refractivity contribution < 1.29 is 9.47 Å². The summed E-state index contributed by atoms with van der Waals surface area (Å²) in [6, 6.07) is 16.4. The molecule has 1 heterocycles. The lowest BCUT2D eigenvalue weighted by atomic mass is 10.2. The monoisotopic (exact) mass is 444 g/mol. The van der Waals surface area contributed by atoms with Gasteiger partial charge in [0.2, 0.25) is 0 Å². The second-order valence-electron chi connectivity index (χ2n) is 6.85. The van der Waals surface area contributed by atoms with Gasteiger partial charge >= 0.3 is 5.69 Å². The van der Waals surface area contributed by atoms with Crippen molar-refractivity contribution in [1.29, 1.82) is 0 Å². The molecule has 9 heteroatoms. The van der Waals surface area contributed by atoms with Crippen molar-refractivity contribution in [1.82, 2.24) is 9.55 Å². The molecule has 0 aliphatic carbocycles. The minimum Gasteiger partial charge on any atom is -0.492 e. The van der Waals surface area contributed by atoms with Crippen molar-refractivity contribution in [2.45, 2.75) is 6.54 Å². The van der Waals surface area contributed by atoms with Crippen LogP contribution in [0.4, 0.5) is 11.5 Å². The van der Waals surface area contributed by atoms with Gasteiger partial charge in [-0.3, -0.25) is 14.3 Å². The molecule has 0 atom stereocenters. The lowest BCUT2D eigenvalue weighted by Crippen LogP contribution is -2.41. The number of methoxy groups -OCH3 is 1. The van der Waals surface area contributed by atoms with Gasteiger partial charge in [0.1, 0.15) is 23.9 Å². The van der Waals surface area contributed by atoms with Crippen LogP contribution in [0.25, 0.3) is 0 Å². The number of rotatable bonds is 10. The number of halogens is 1. The Balaban J connectivity index is 1.85. The number of nitrogens with two attached hydrogens (primary N) is 1. The van der Waals surface area contributed by atoms with Gasteiger partial charge in [-0.1, -0.05) is 41.9 Å². The van der Waals surface area contributed by atoms with Crippen molar-refractivity contribution in [3.63, 3.8) is 0 Å². The fourth-order valence-corrected chi connectivity index (χ4v) is 3.27. The minimum atomic E-state index is -0.556. The number of aromatic amines is 1. The summed E-state index contributed by atoms with van der Waals surface area (Å²) in [7, 11) is 1.58. The predicted octanol–water partition coefficient (Wildman–Crippen LogP) is 2.35. The van der Waals surface area contributed by atoms with Crippen molar-refractivity contribution in [2.75, 3.05) is 44.0 Å². The zero-order valence-electron chi connectivity index (χ0n) is 17.2. The van der Waals surface area contributed by atoms with E-state index in [1.165, 1.54) is 4.57 Å². The average Bonchev–Trinajstić information content (AvgIpc) is 2.76. The van der Waals surface area contributed by atoms with Crippen molar-refractivity contribution in [3.8, 4) is 5.75 Å². The van der Waals surface area contributed by atoms with E-state index in [9.17, 15) is 9.59 Å². The SMILES string of the molecule is COCCN(CCOc1ccc(Cl)cc1)c1c(N)n(Cc2ccccc2)c(=O)[nH]c1=O. The summed E-state index contributed by atoms with van der Waals surface area (Å²) in [5.41, 5.74) is 6.31. The van der Waals surface area contributed by atoms with Crippen molar-refractivity contribution in [2.24, 2.45) is 0 Å². The summed E-state index contributed by atoms with van der Waals surface area (Å²) in [6.45, 7) is 1.68. The number of ether oxygens (including phenoxy) is 2. The molecular formula is C22H25ClN4O4. The van der Waals surface area contributed by atoms with Crippen LogP contribution in [0, 0.1) is 0 Å². The summed E-state index contributed by atoms with van der Waals surface area (Å²) in [5.74, 6) is 0.757. The van der Waals surface area contributed by atoms with Gasteiger partial charge in [-0.05, 0) is 29.8 Å². The standard InChI is InChI=1S/C22H25ClN4O4/c1-30-13-11-26(12-14-31-18-9-7-17(23)8-10-18)19-20(24)27(22(29)25-21(19)28)15-16-5-3-2-4-6-16/h2-10H,11-15,24H2,1H3,(H,25,28,29). The van der Waals surface area contributed by atoms with Crippen LogP contribution in [-0.2, 0) is 11.3 Å². The molecule has 164 valence electrons. The first-order chi connectivity index (χ1) is 15.0. The lowest BCUT2D eigenvalue weighted by Gasteiger charge is -2.26. The van der Waals surface area contributed by atoms with E-state index in [-0.39, 0.29) is 18.1 Å². The van der Waals surface area contributed by atoms with Crippen LogP contribution in [0.5, 0.6) is 5.75 Å². The number of nitrogen functional groups attached to an aromatic ring is 1. The Bertz CT molecular complexity index is 1100. The van der Waals surface area contributed by atoms with Crippen LogP contribution in [0.2, 0.25) is 5.02 Å². The van der Waals surface area contributed by atoms with Crippen LogP contribution in [0.3, 0.4) is 0 Å². The molecule has 31 heavy (non-hydrogen) atoms. The quantitative estimate of drug-likeness (QED) is 0.497. The van der Waals surface area contributed by atoms with E-state index in [0.717, 1.165) is 5.56 Å². The Kier molecular flexibility index (Phi) is 7.75. The first kappa shape index (κ1) is 22.5. The van der Waals surface area contributed by atoms with E-state index in [1.807, 2.05) is 30.3 Å². The molecule has 0 amide bonds. The maximum atomic E-state index is 12.7. The van der Waals surface area contributed by atoms with Gasteiger partial charge in [-0.25, -0.2) is 4.79 Å². The van der Waals surface area contributed by atoms with Crippen molar-refractivity contribution in [3.05, 3.63) is 86.0 Å². The highest BCUT2D eigenvalue weighted by atomic mass is 35.5. The number of benzene rings is 2. The molecule has 0 saturated heterocycles. The summed E-state index contributed by atoms with van der Waals surface area (Å²) in [5, 5.41) is 0.619. The van der Waals surface area contributed by atoms with Crippen molar-refractivity contribution >= 4 is 23.1 Å². The molecule has 3 rings (SSSR count). The van der Waals surface area contributed by atoms with Gasteiger partial charge in [0.25, 0.3) is 5.56 Å². The highest BCUT2D eigenvalue weighted by Gasteiger charge is 2.19. The summed E-state index contributed by atoms with van der Waals surface area (Å²) < 4.78 is 12.3. The number of aromatic nitrogens is 2. The highest BCUT2D eigenvalue weighted by Crippen LogP contribution is 2.19. The zero-order valence-corrected chi connectivity index (χ0v) is 18.0. The van der Waals surface area contributed by atoms with E-state index in [4.69, 9.17) is 26.8 Å². The zero-order chi connectivity index (χ0) is 22.2. The van der Waals surface area contributed by atoms with Crippen LogP contribution in [-0.4, -0.2) is 43.0 Å². The molecule has 0 fully saturated rings. The summed E-state index contributed by atoms with van der Waals surface area (Å²) >= 11 is 5.90. The normalized spacial score (nSPS) is 10.8. The van der Waals surface area contributed by atoms with Gasteiger partial charge < -0.3 is 20.1 Å². The minimum absolute atomic E-state index is 0.0974. The molecule has 3 aromatic rings. The predicted molar refractivity (Wildman–Crippen MR) is 122 cm³/mol. The van der Waals surface area contributed by atoms with Crippen LogP contribution in [0.1, 0.15) is 5.56 Å². The summed E-state index contributed by atoms with van der Waals surface area (Å²) in [6.07, 6.45) is 0. The van der Waals surface area contributed by atoms with E-state index in [1.54, 1.807) is 36.3 Å². The van der Waals surface area contributed by atoms with Crippen LogP contribution in [0.15, 0.2) is 64.2 Å². The average molecular weight is 445 g/mol. The highest BCUT2D eigenvalue weighted by molar-refractivity contribution is 6.30. The van der Waals surface area contributed by atoms with E-state index in [0.29, 0.717) is 37.1 Å². The first-order valence-electron chi connectivity index (χ1n) is 9.78. The molecule has 0 radical (unpaired) electrons. The molecule has 0 saturated carbocycles. The maximum absolute atomic E-state index is 12.7. The molecule has 8 nitrogen and oxygen atoms in total. The van der Waals surface area contributed by atoms with E-state index in [2.05, 4.69) is 4.98 Å². The molecule has 0 aliphatic rings.